The standard InChI is InChI=1S/C37H42ClN7O4/c1-4-39-33(47)30(36-16-21(17-36)18-36)44-34(48)37(19-49-20-37)22-9-10-25-26(15-22)42-31(41-25)29(43-32(46)27-11-14-40-45(27)3)28(35(2)12-13-35)23-7-5-6-8-24(23)38/h5-11,14-15,21,28-30H,4,12-13,16-20H2,1-3H3,(H,39,47)(H,41,42)(H,43,46)(H,44,48)/t21?,28-,29-,30-,36?/m0/s1. The lowest BCUT2D eigenvalue weighted by atomic mass is 9.41. The molecule has 4 saturated carbocycles. The molecule has 11 nitrogen and oxygen atoms in total. The number of benzene rings is 2. The van der Waals surface area contributed by atoms with Crippen molar-refractivity contribution in [3.63, 3.8) is 0 Å². The number of halogens is 1. The average molecular weight is 684 g/mol. The van der Waals surface area contributed by atoms with Gasteiger partial charge in [-0.05, 0) is 85.8 Å². The number of aromatic nitrogens is 4. The van der Waals surface area contributed by atoms with E-state index in [-0.39, 0.29) is 47.7 Å². The number of rotatable bonds is 12. The lowest BCUT2D eigenvalue weighted by molar-refractivity contribution is -0.167. The van der Waals surface area contributed by atoms with Crippen LogP contribution in [0.5, 0.6) is 0 Å². The van der Waals surface area contributed by atoms with Gasteiger partial charge in [-0.1, -0.05) is 42.8 Å². The van der Waals surface area contributed by atoms with Crippen molar-refractivity contribution < 1.29 is 19.1 Å². The summed E-state index contributed by atoms with van der Waals surface area (Å²) >= 11 is 6.83. The molecule has 3 amide bonds. The highest BCUT2D eigenvalue weighted by Gasteiger charge is 2.63. The normalized spacial score (nSPS) is 24.4. The van der Waals surface area contributed by atoms with Crippen LogP contribution >= 0.6 is 11.6 Å². The minimum atomic E-state index is -0.934. The highest BCUT2D eigenvalue weighted by Crippen LogP contribution is 2.66. The predicted molar refractivity (Wildman–Crippen MR) is 184 cm³/mol. The molecule has 4 aromatic rings. The minimum absolute atomic E-state index is 0.105. The largest absolute Gasteiger partial charge is 0.378 e. The van der Waals surface area contributed by atoms with Crippen molar-refractivity contribution in [1.29, 1.82) is 0 Å². The minimum Gasteiger partial charge on any atom is -0.378 e. The van der Waals surface area contributed by atoms with E-state index in [4.69, 9.17) is 21.3 Å². The third-order valence-electron chi connectivity index (χ3n) is 11.8. The van der Waals surface area contributed by atoms with E-state index in [0.29, 0.717) is 34.5 Å². The number of carbonyl (C=O) groups excluding carboxylic acids is 3. The molecule has 3 heterocycles. The number of imidazole rings is 1. The Labute approximate surface area is 289 Å². The fraction of sp³-hybridized carbons (Fsp3) is 0.486. The first-order valence-corrected chi connectivity index (χ1v) is 17.6. The summed E-state index contributed by atoms with van der Waals surface area (Å²) in [5.74, 6) is 0.525. The Hall–Kier alpha value is -4.22. The first kappa shape index (κ1) is 32.0. The number of amides is 3. The second-order valence-electron chi connectivity index (χ2n) is 15.0. The Bertz CT molecular complexity index is 1940. The van der Waals surface area contributed by atoms with E-state index >= 15 is 0 Å². The predicted octanol–water partition coefficient (Wildman–Crippen LogP) is 4.69. The number of fused-ring (bicyclic) bond motifs is 1. The van der Waals surface area contributed by atoms with Gasteiger partial charge in [-0.3, -0.25) is 19.1 Å². The van der Waals surface area contributed by atoms with Gasteiger partial charge in [0.2, 0.25) is 11.8 Å². The van der Waals surface area contributed by atoms with Crippen molar-refractivity contribution >= 4 is 40.4 Å². The number of ether oxygens (including phenoxy) is 1. The molecular weight excluding hydrogens is 642 g/mol. The first-order chi connectivity index (χ1) is 23.6. The van der Waals surface area contributed by atoms with E-state index in [0.717, 1.165) is 48.7 Å². The van der Waals surface area contributed by atoms with Gasteiger partial charge in [0, 0.05) is 36.1 Å². The summed E-state index contributed by atoms with van der Waals surface area (Å²) in [4.78, 5) is 49.6. The van der Waals surface area contributed by atoms with Crippen LogP contribution in [0.15, 0.2) is 54.7 Å². The van der Waals surface area contributed by atoms with Crippen LogP contribution in [0.3, 0.4) is 0 Å². The molecule has 12 heteroatoms. The number of likely N-dealkylation sites (N-methyl/N-ethyl adjacent to an activating group) is 1. The van der Waals surface area contributed by atoms with E-state index in [2.05, 4.69) is 33.0 Å². The molecule has 9 rings (SSSR count). The van der Waals surface area contributed by atoms with Gasteiger partial charge in [-0.15, -0.1) is 0 Å². The zero-order valence-corrected chi connectivity index (χ0v) is 28.8. The van der Waals surface area contributed by atoms with Crippen molar-refractivity contribution in [2.24, 2.45) is 23.8 Å². The zero-order chi connectivity index (χ0) is 34.1. The molecule has 4 N–H and O–H groups in total. The van der Waals surface area contributed by atoms with Crippen molar-refractivity contribution in [3.05, 3.63) is 82.4 Å². The Kier molecular flexibility index (Phi) is 7.64. The van der Waals surface area contributed by atoms with Gasteiger partial charge in [0.15, 0.2) is 0 Å². The Balaban J connectivity index is 1.14. The maximum atomic E-state index is 14.1. The fourth-order valence-corrected chi connectivity index (χ4v) is 8.71. The molecule has 4 aliphatic carbocycles. The number of nitrogens with one attached hydrogen (secondary N) is 4. The molecule has 0 unspecified atom stereocenters. The smallest absolute Gasteiger partial charge is 0.270 e. The van der Waals surface area contributed by atoms with Crippen LogP contribution in [0.25, 0.3) is 11.0 Å². The van der Waals surface area contributed by atoms with Crippen LogP contribution in [0, 0.1) is 16.7 Å². The summed E-state index contributed by atoms with van der Waals surface area (Å²) in [5, 5.41) is 14.2. The molecule has 2 bridgehead atoms. The molecule has 0 radical (unpaired) electrons. The lowest BCUT2D eigenvalue weighted by Gasteiger charge is -2.64. The van der Waals surface area contributed by atoms with Crippen LogP contribution in [-0.4, -0.2) is 63.3 Å². The SMILES string of the molecule is CCNC(=O)[C@H](NC(=O)C1(c2ccc3[nH]c([C@@H](NC(=O)c4ccnn4C)[C@H](c4ccccc4Cl)C4(C)CC4)nc3c2)COC1)C12CC(C1)C2. The maximum absolute atomic E-state index is 14.1. The molecule has 1 saturated heterocycles. The Morgan fingerprint density at radius 2 is 1.84 bits per heavy atom. The molecule has 5 fully saturated rings. The van der Waals surface area contributed by atoms with E-state index in [9.17, 15) is 14.4 Å². The van der Waals surface area contributed by atoms with Crippen LogP contribution < -0.4 is 16.0 Å². The monoisotopic (exact) mass is 683 g/mol. The van der Waals surface area contributed by atoms with E-state index in [1.165, 1.54) is 0 Å². The molecule has 2 aromatic carbocycles. The third kappa shape index (κ3) is 5.24. The number of H-pyrrole nitrogens is 1. The summed E-state index contributed by atoms with van der Waals surface area (Å²) in [6.07, 6.45) is 6.52. The molecule has 1 aliphatic heterocycles. The molecule has 0 spiro atoms. The van der Waals surface area contributed by atoms with Crippen LogP contribution in [0.4, 0.5) is 0 Å². The van der Waals surface area contributed by atoms with Crippen molar-refractivity contribution in [2.45, 2.75) is 69.4 Å². The molecule has 49 heavy (non-hydrogen) atoms. The quantitative estimate of drug-likeness (QED) is 0.171. The molecule has 3 atom stereocenters. The summed E-state index contributed by atoms with van der Waals surface area (Å²) in [6.45, 7) is 5.07. The second kappa shape index (κ2) is 11.7. The molecule has 2 aromatic heterocycles. The Morgan fingerprint density at radius 3 is 2.43 bits per heavy atom. The summed E-state index contributed by atoms with van der Waals surface area (Å²) in [5.41, 5.74) is 2.44. The number of carbonyl (C=O) groups is 3. The van der Waals surface area contributed by atoms with Crippen molar-refractivity contribution in [1.82, 2.24) is 35.7 Å². The zero-order valence-electron chi connectivity index (χ0n) is 28.0. The maximum Gasteiger partial charge on any atom is 0.270 e. The van der Waals surface area contributed by atoms with E-state index in [1.807, 2.05) is 49.4 Å². The molecule has 256 valence electrons. The second-order valence-corrected chi connectivity index (χ2v) is 15.4. The number of aryl methyl sites for hydroxylation is 1. The molecule has 5 aliphatic rings. The summed E-state index contributed by atoms with van der Waals surface area (Å²) in [7, 11) is 1.74. The van der Waals surface area contributed by atoms with Crippen LogP contribution in [0.1, 0.15) is 85.4 Å². The molecular formula is C37H42ClN7O4. The highest BCUT2D eigenvalue weighted by atomic mass is 35.5. The number of hydrogen-bond acceptors (Lipinski definition) is 6. The van der Waals surface area contributed by atoms with Gasteiger partial charge < -0.3 is 25.7 Å². The summed E-state index contributed by atoms with van der Waals surface area (Å²) in [6, 6.07) is 14.2. The van der Waals surface area contributed by atoms with E-state index < -0.39 is 17.5 Å². The number of hydrogen-bond donors (Lipinski definition) is 4. The van der Waals surface area contributed by atoms with Crippen molar-refractivity contribution in [3.8, 4) is 0 Å². The van der Waals surface area contributed by atoms with Gasteiger partial charge in [0.05, 0.1) is 30.3 Å². The first-order valence-electron chi connectivity index (χ1n) is 17.3. The fourth-order valence-electron chi connectivity index (χ4n) is 8.46. The number of aromatic amines is 1. The third-order valence-corrected chi connectivity index (χ3v) is 12.1. The van der Waals surface area contributed by atoms with Gasteiger partial charge in [-0.25, -0.2) is 4.98 Å². The van der Waals surface area contributed by atoms with Crippen molar-refractivity contribution in [2.75, 3.05) is 19.8 Å². The summed E-state index contributed by atoms with van der Waals surface area (Å²) < 4.78 is 7.21. The van der Waals surface area contributed by atoms with Gasteiger partial charge in [-0.2, -0.15) is 5.10 Å². The number of nitrogens with zero attached hydrogens (tertiary/aromatic N) is 3. The van der Waals surface area contributed by atoms with Gasteiger partial charge in [0.25, 0.3) is 5.91 Å². The lowest BCUT2D eigenvalue weighted by Crippen LogP contribution is -2.70. The van der Waals surface area contributed by atoms with Gasteiger partial charge in [0.1, 0.15) is 23.0 Å². The highest BCUT2D eigenvalue weighted by molar-refractivity contribution is 6.31. The van der Waals surface area contributed by atoms with E-state index in [1.54, 1.807) is 24.0 Å². The van der Waals surface area contributed by atoms with Crippen LogP contribution in [-0.2, 0) is 26.8 Å². The van der Waals surface area contributed by atoms with Gasteiger partial charge >= 0.3 is 0 Å². The topological polar surface area (TPSA) is 143 Å². The Morgan fingerprint density at radius 1 is 1.08 bits per heavy atom. The average Bonchev–Trinajstić information content (AvgIpc) is 3.38. The van der Waals surface area contributed by atoms with Crippen LogP contribution in [0.2, 0.25) is 5.02 Å².